The molecule has 0 saturated heterocycles. The fourth-order valence-corrected chi connectivity index (χ4v) is 0.818. The Hall–Kier alpha value is 0. The molecule has 0 heterocycles. The van der Waals surface area contributed by atoms with Gasteiger partial charge in [0.25, 0.3) is 0 Å². The van der Waals surface area contributed by atoms with Crippen molar-refractivity contribution in [1.82, 2.24) is 0 Å². The first-order chi connectivity index (χ1) is 3.30. The smallest absolute Gasteiger partial charge is 0.0270 e. The molecule has 28 valence electrons. The molecule has 2 saturated carbocycles. The van der Waals surface area contributed by atoms with Gasteiger partial charge in [-0.15, -0.1) is 0 Å². The van der Waals surface area contributed by atoms with Gasteiger partial charge in [-0.1, -0.05) is 0 Å². The van der Waals surface area contributed by atoms with E-state index in [1.54, 1.807) is 0 Å². The van der Waals surface area contributed by atoms with Gasteiger partial charge in [0.2, 0.25) is 0 Å². The third kappa shape index (κ3) is 0.132. The topological polar surface area (TPSA) is 0 Å². The highest BCUT2D eigenvalue weighted by Gasteiger charge is 2.44. The van der Waals surface area contributed by atoms with Crippen molar-refractivity contribution in [3.63, 3.8) is 0 Å². The van der Waals surface area contributed by atoms with Crippen LogP contribution in [-0.4, -0.2) is 0 Å². The summed E-state index contributed by atoms with van der Waals surface area (Å²) >= 11 is 0. The zero-order valence-electron chi connectivity index (χ0n) is 5.02. The minimum atomic E-state index is -0.00926. The molecule has 2 rings (SSSR count). The molecule has 0 bridgehead atoms. The molecule has 5 heavy (non-hydrogen) atoms. The maximum atomic E-state index is 7.18. The van der Waals surface area contributed by atoms with Crippen molar-refractivity contribution < 1.29 is 2.74 Å². The predicted octanol–water partition coefficient (Wildman–Crippen LogP) is 1.42. The second kappa shape index (κ2) is 0.444. The van der Waals surface area contributed by atoms with Crippen molar-refractivity contribution in [2.75, 3.05) is 0 Å². The second-order valence-electron chi connectivity index (χ2n) is 1.95. The summed E-state index contributed by atoms with van der Waals surface area (Å²) in [5.41, 5.74) is 0. The molecule has 2 aliphatic carbocycles. The minimum absolute atomic E-state index is 0.00926. The van der Waals surface area contributed by atoms with Crippen LogP contribution >= 0.6 is 0 Å². The molecule has 2 aliphatic rings. The van der Waals surface area contributed by atoms with Crippen LogP contribution in [0, 0.1) is 11.8 Å². The summed E-state index contributed by atoms with van der Waals surface area (Å²) in [4.78, 5) is 0. The van der Waals surface area contributed by atoms with Crippen LogP contribution in [0.15, 0.2) is 0 Å². The van der Waals surface area contributed by atoms with Gasteiger partial charge in [-0.25, -0.2) is 0 Å². The standard InChI is InChI=1S/C5H8/c1-2-5-3-4(1)5/h4-5H,1-3H2/t4-,5+/i1D,2D/t1-,2+,4-,5+. The summed E-state index contributed by atoms with van der Waals surface area (Å²) in [6.07, 6.45) is 1.16. The monoisotopic (exact) mass is 70.1 g/mol. The summed E-state index contributed by atoms with van der Waals surface area (Å²) in [5, 5.41) is 0. The van der Waals surface area contributed by atoms with Crippen LogP contribution in [0.3, 0.4) is 0 Å². The summed E-state index contributed by atoms with van der Waals surface area (Å²) in [6.45, 7) is 0. The van der Waals surface area contributed by atoms with Gasteiger partial charge in [0.15, 0.2) is 0 Å². The van der Waals surface area contributed by atoms with E-state index in [2.05, 4.69) is 0 Å². The lowest BCUT2D eigenvalue weighted by Crippen LogP contribution is -1.93. The molecule has 4 atom stereocenters. The normalized spacial score (nSPS) is 92.8. The highest BCUT2D eigenvalue weighted by Crippen LogP contribution is 2.55. The largest absolute Gasteiger partial charge is 0.0499 e. The summed E-state index contributed by atoms with van der Waals surface area (Å²) in [7, 11) is 0. The molecule has 0 aromatic carbocycles. The molecule has 0 radical (unpaired) electrons. The van der Waals surface area contributed by atoms with E-state index in [9.17, 15) is 0 Å². The summed E-state index contributed by atoms with van der Waals surface area (Å²) < 4.78 is 14.4. The Morgan fingerprint density at radius 2 is 2.00 bits per heavy atom. The summed E-state index contributed by atoms with van der Waals surface area (Å²) in [5.74, 6) is 1.31. The van der Waals surface area contributed by atoms with E-state index in [1.807, 2.05) is 0 Å². The van der Waals surface area contributed by atoms with E-state index >= 15 is 0 Å². The van der Waals surface area contributed by atoms with Crippen molar-refractivity contribution in [2.24, 2.45) is 11.8 Å². The fraction of sp³-hybridized carbons (Fsp3) is 1.00. The average Bonchev–Trinajstić information content (AvgIpc) is 2.39. The lowest BCUT2D eigenvalue weighted by Gasteiger charge is -2.04. The maximum Gasteiger partial charge on any atom is 0.0270 e. The van der Waals surface area contributed by atoms with Crippen molar-refractivity contribution in [2.45, 2.75) is 19.2 Å². The van der Waals surface area contributed by atoms with Crippen molar-refractivity contribution in [1.29, 1.82) is 0 Å². The Bertz CT molecular complexity index is 90.3. The molecule has 0 heteroatoms. The minimum Gasteiger partial charge on any atom is -0.0499 e. The van der Waals surface area contributed by atoms with Crippen molar-refractivity contribution in [3.8, 4) is 0 Å². The highest BCUT2D eigenvalue weighted by molar-refractivity contribution is 4.95. The van der Waals surface area contributed by atoms with Gasteiger partial charge in [-0.05, 0) is 31.1 Å². The van der Waals surface area contributed by atoms with Gasteiger partial charge in [0, 0.05) is 2.74 Å². The van der Waals surface area contributed by atoms with Gasteiger partial charge in [-0.2, -0.15) is 0 Å². The number of hydrogen-bond donors (Lipinski definition) is 0. The third-order valence-corrected chi connectivity index (χ3v) is 1.50. The zero-order chi connectivity index (χ0) is 5.02. The van der Waals surface area contributed by atoms with Crippen molar-refractivity contribution >= 4 is 0 Å². The SMILES string of the molecule is [2H][C@@H]1[C@H]([2H])[C@H]2C[C@@H]12. The lowest BCUT2D eigenvalue weighted by molar-refractivity contribution is 0.468. The van der Waals surface area contributed by atoms with E-state index in [0.717, 1.165) is 0 Å². The maximum absolute atomic E-state index is 7.18. The molecule has 0 aliphatic heterocycles. The van der Waals surface area contributed by atoms with Crippen LogP contribution in [0.1, 0.15) is 22.0 Å². The Morgan fingerprint density at radius 3 is 2.20 bits per heavy atom. The quantitative estimate of drug-likeness (QED) is 0.404. The van der Waals surface area contributed by atoms with Crippen LogP contribution in [0.25, 0.3) is 0 Å². The molecule has 0 nitrogen and oxygen atoms in total. The van der Waals surface area contributed by atoms with Gasteiger partial charge in [-0.3, -0.25) is 0 Å². The van der Waals surface area contributed by atoms with Crippen LogP contribution in [0.4, 0.5) is 0 Å². The highest BCUT2D eigenvalue weighted by atomic mass is 14.5. The van der Waals surface area contributed by atoms with Gasteiger partial charge < -0.3 is 0 Å². The number of fused-ring (bicyclic) bond motifs is 1. The Morgan fingerprint density at radius 1 is 1.40 bits per heavy atom. The van der Waals surface area contributed by atoms with E-state index in [-0.39, 0.29) is 12.8 Å². The van der Waals surface area contributed by atoms with Crippen LogP contribution in [0.2, 0.25) is 0 Å². The molecule has 0 aromatic heterocycles. The molecule has 2 fully saturated rings. The molecule has 0 unspecified atom stereocenters. The van der Waals surface area contributed by atoms with Crippen LogP contribution < -0.4 is 0 Å². The molecular formula is C5H8. The Kier molecular flexibility index (Phi) is 0.111. The molecule has 0 spiro atoms. The molecular weight excluding hydrogens is 60.1 g/mol. The second-order valence-corrected chi connectivity index (χ2v) is 1.95. The first kappa shape index (κ1) is 1.25. The van der Waals surface area contributed by atoms with E-state index < -0.39 is 0 Å². The molecule has 0 amide bonds. The van der Waals surface area contributed by atoms with Crippen LogP contribution in [0.5, 0.6) is 0 Å². The fourth-order valence-electron chi connectivity index (χ4n) is 0.818. The van der Waals surface area contributed by atoms with Gasteiger partial charge in [0.1, 0.15) is 0 Å². The third-order valence-electron chi connectivity index (χ3n) is 1.50. The number of rotatable bonds is 0. The van der Waals surface area contributed by atoms with E-state index in [1.165, 1.54) is 6.42 Å². The predicted molar refractivity (Wildman–Crippen MR) is 20.8 cm³/mol. The Balaban J connectivity index is 2.09. The molecule has 0 N–H and O–H groups in total. The first-order valence-corrected chi connectivity index (χ1v) is 2.15. The van der Waals surface area contributed by atoms with Crippen LogP contribution in [-0.2, 0) is 0 Å². The summed E-state index contributed by atoms with van der Waals surface area (Å²) in [6, 6.07) is 0. The van der Waals surface area contributed by atoms with E-state index in [0.29, 0.717) is 11.8 Å². The Labute approximate surface area is 35.0 Å². The molecule has 0 aromatic rings. The first-order valence-electron chi connectivity index (χ1n) is 3.30. The average molecular weight is 70.1 g/mol. The lowest BCUT2D eigenvalue weighted by atomic mass is 10.0. The zero-order valence-corrected chi connectivity index (χ0v) is 3.02. The van der Waals surface area contributed by atoms with Gasteiger partial charge >= 0.3 is 0 Å². The van der Waals surface area contributed by atoms with Crippen molar-refractivity contribution in [3.05, 3.63) is 0 Å². The number of hydrogen-bond acceptors (Lipinski definition) is 0. The van der Waals surface area contributed by atoms with Gasteiger partial charge in [0.05, 0.1) is 0 Å². The van der Waals surface area contributed by atoms with E-state index in [4.69, 9.17) is 2.74 Å².